The number of aryl methyl sites for hydroxylation is 2. The zero-order valence-electron chi connectivity index (χ0n) is 13.4. The van der Waals surface area contributed by atoms with Crippen LogP contribution in [-0.4, -0.2) is 15.0 Å². The summed E-state index contributed by atoms with van der Waals surface area (Å²) >= 11 is 0. The first-order valence-corrected chi connectivity index (χ1v) is 7.91. The van der Waals surface area contributed by atoms with Crippen molar-refractivity contribution >= 4 is 11.8 Å². The normalized spacial score (nSPS) is 15.6. The number of hydrogen-bond donors (Lipinski definition) is 2. The van der Waals surface area contributed by atoms with Crippen molar-refractivity contribution in [1.29, 1.82) is 0 Å². The largest absolute Gasteiger partial charge is 0.368 e. The van der Waals surface area contributed by atoms with E-state index in [2.05, 4.69) is 40.2 Å². The van der Waals surface area contributed by atoms with Gasteiger partial charge in [0.25, 0.3) is 0 Å². The third kappa shape index (κ3) is 2.89. The van der Waals surface area contributed by atoms with Crippen molar-refractivity contribution in [3.05, 3.63) is 40.8 Å². The molecule has 5 heteroatoms. The van der Waals surface area contributed by atoms with E-state index in [1.54, 1.807) is 0 Å². The second kappa shape index (κ2) is 5.91. The first-order chi connectivity index (χ1) is 10.6. The van der Waals surface area contributed by atoms with Gasteiger partial charge in [0.15, 0.2) is 0 Å². The van der Waals surface area contributed by atoms with Crippen LogP contribution < -0.4 is 11.1 Å². The second-order valence-corrected chi connectivity index (χ2v) is 6.01. The van der Waals surface area contributed by atoms with Crippen LogP contribution in [0.4, 0.5) is 11.8 Å². The lowest BCUT2D eigenvalue weighted by atomic mass is 10.0. The molecule has 1 atom stereocenters. The highest BCUT2D eigenvalue weighted by Crippen LogP contribution is 2.43. The lowest BCUT2D eigenvalue weighted by molar-refractivity contribution is 0.648. The lowest BCUT2D eigenvalue weighted by Crippen LogP contribution is -2.19. The van der Waals surface area contributed by atoms with Gasteiger partial charge in [-0.3, -0.25) is 4.98 Å². The fourth-order valence-electron chi connectivity index (χ4n) is 2.97. The van der Waals surface area contributed by atoms with Crippen LogP contribution in [0.1, 0.15) is 48.3 Å². The highest BCUT2D eigenvalue weighted by Gasteiger charge is 2.34. The van der Waals surface area contributed by atoms with Gasteiger partial charge in [-0.1, -0.05) is 13.0 Å². The summed E-state index contributed by atoms with van der Waals surface area (Å²) in [4.78, 5) is 13.3. The molecule has 22 heavy (non-hydrogen) atoms. The molecule has 0 saturated heterocycles. The van der Waals surface area contributed by atoms with Gasteiger partial charge in [-0.2, -0.15) is 4.98 Å². The van der Waals surface area contributed by atoms with Gasteiger partial charge in [0.1, 0.15) is 5.82 Å². The van der Waals surface area contributed by atoms with Gasteiger partial charge in [0.2, 0.25) is 5.95 Å². The van der Waals surface area contributed by atoms with E-state index in [9.17, 15) is 0 Å². The summed E-state index contributed by atoms with van der Waals surface area (Å²) in [5.41, 5.74) is 10.2. The molecule has 1 unspecified atom stereocenters. The van der Waals surface area contributed by atoms with E-state index in [0.29, 0.717) is 11.9 Å². The number of nitrogens with one attached hydrogen (secondary N) is 1. The maximum atomic E-state index is 5.84. The number of anilines is 2. The van der Waals surface area contributed by atoms with Gasteiger partial charge in [-0.05, 0) is 50.7 Å². The van der Waals surface area contributed by atoms with Crippen molar-refractivity contribution < 1.29 is 0 Å². The Hall–Kier alpha value is -2.17. The minimum atomic E-state index is 0.195. The number of nitrogens with two attached hydrogens (primary N) is 1. The topological polar surface area (TPSA) is 76.7 Å². The van der Waals surface area contributed by atoms with E-state index in [1.165, 1.54) is 18.4 Å². The first kappa shape index (κ1) is 14.8. The number of hydrogen-bond acceptors (Lipinski definition) is 5. The van der Waals surface area contributed by atoms with Gasteiger partial charge in [-0.25, -0.2) is 4.98 Å². The minimum Gasteiger partial charge on any atom is -0.368 e. The molecule has 0 radical (unpaired) electrons. The number of aromatic nitrogens is 3. The summed E-state index contributed by atoms with van der Waals surface area (Å²) in [7, 11) is 0. The monoisotopic (exact) mass is 297 g/mol. The number of rotatable bonds is 5. The lowest BCUT2D eigenvalue weighted by Gasteiger charge is -2.22. The van der Waals surface area contributed by atoms with Gasteiger partial charge >= 0.3 is 0 Å². The first-order valence-electron chi connectivity index (χ1n) is 7.91. The van der Waals surface area contributed by atoms with Crippen LogP contribution >= 0.6 is 0 Å². The predicted molar refractivity (Wildman–Crippen MR) is 88.6 cm³/mol. The Kier molecular flexibility index (Phi) is 3.96. The van der Waals surface area contributed by atoms with Gasteiger partial charge in [0.05, 0.1) is 11.7 Å². The van der Waals surface area contributed by atoms with E-state index in [0.717, 1.165) is 29.2 Å². The maximum Gasteiger partial charge on any atom is 0.222 e. The summed E-state index contributed by atoms with van der Waals surface area (Å²) in [6, 6.07) is 4.28. The van der Waals surface area contributed by atoms with Crippen molar-refractivity contribution in [2.75, 3.05) is 11.1 Å². The average Bonchev–Trinajstić information content (AvgIpc) is 3.30. The van der Waals surface area contributed by atoms with Crippen LogP contribution in [0.3, 0.4) is 0 Å². The Morgan fingerprint density at radius 1 is 1.32 bits per heavy atom. The minimum absolute atomic E-state index is 0.195. The molecule has 1 saturated carbocycles. The third-order valence-electron chi connectivity index (χ3n) is 4.31. The van der Waals surface area contributed by atoms with Crippen LogP contribution in [0.5, 0.6) is 0 Å². The van der Waals surface area contributed by atoms with Crippen LogP contribution in [0.15, 0.2) is 18.3 Å². The molecule has 5 nitrogen and oxygen atoms in total. The third-order valence-corrected chi connectivity index (χ3v) is 4.31. The summed E-state index contributed by atoms with van der Waals surface area (Å²) < 4.78 is 0. The molecule has 2 aromatic heterocycles. The quantitative estimate of drug-likeness (QED) is 0.886. The molecule has 2 aromatic rings. The Labute approximate surface area is 131 Å². The van der Waals surface area contributed by atoms with Crippen molar-refractivity contribution in [1.82, 2.24) is 15.0 Å². The van der Waals surface area contributed by atoms with Gasteiger partial charge < -0.3 is 11.1 Å². The molecule has 0 bridgehead atoms. The van der Waals surface area contributed by atoms with E-state index in [-0.39, 0.29) is 6.04 Å². The van der Waals surface area contributed by atoms with Crippen molar-refractivity contribution in [3.63, 3.8) is 0 Å². The van der Waals surface area contributed by atoms with Crippen LogP contribution in [0, 0.1) is 19.8 Å². The van der Waals surface area contributed by atoms with Crippen LogP contribution in [0.2, 0.25) is 0 Å². The molecule has 3 N–H and O–H groups in total. The van der Waals surface area contributed by atoms with Crippen LogP contribution in [0.25, 0.3) is 0 Å². The molecule has 2 heterocycles. The molecule has 0 amide bonds. The maximum absolute atomic E-state index is 5.84. The molecule has 1 fully saturated rings. The smallest absolute Gasteiger partial charge is 0.222 e. The standard InChI is InChI=1S/C17H23N5/c1-4-13-11(3)20-17(18)22-16(13)21-15(12-7-8-12)14-10(2)6-5-9-19-14/h5-6,9,12,15H,4,7-8H2,1-3H3,(H3,18,20,21,22). The van der Waals surface area contributed by atoms with E-state index < -0.39 is 0 Å². The molecule has 1 aliphatic rings. The molecular formula is C17H23N5. The van der Waals surface area contributed by atoms with Crippen molar-refractivity contribution in [2.45, 2.75) is 46.1 Å². The van der Waals surface area contributed by atoms with Crippen LogP contribution in [-0.2, 0) is 6.42 Å². The Bertz CT molecular complexity index is 679. The highest BCUT2D eigenvalue weighted by atomic mass is 15.1. The molecule has 0 aromatic carbocycles. The van der Waals surface area contributed by atoms with Crippen molar-refractivity contribution in [3.8, 4) is 0 Å². The Morgan fingerprint density at radius 3 is 2.73 bits per heavy atom. The fraction of sp³-hybridized carbons (Fsp3) is 0.471. The summed E-state index contributed by atoms with van der Waals surface area (Å²) in [5, 5.41) is 3.61. The van der Waals surface area contributed by atoms with Gasteiger partial charge in [0, 0.05) is 17.5 Å². The molecule has 1 aliphatic carbocycles. The van der Waals surface area contributed by atoms with E-state index in [4.69, 9.17) is 5.73 Å². The number of nitrogen functional groups attached to an aromatic ring is 1. The summed E-state index contributed by atoms with van der Waals surface area (Å²) in [6.07, 6.45) is 5.20. The zero-order valence-corrected chi connectivity index (χ0v) is 13.4. The predicted octanol–water partition coefficient (Wildman–Crippen LogP) is 3.20. The van der Waals surface area contributed by atoms with Gasteiger partial charge in [-0.15, -0.1) is 0 Å². The molecule has 3 rings (SSSR count). The zero-order chi connectivity index (χ0) is 15.7. The fourth-order valence-corrected chi connectivity index (χ4v) is 2.97. The van der Waals surface area contributed by atoms with E-state index >= 15 is 0 Å². The number of nitrogens with zero attached hydrogens (tertiary/aromatic N) is 3. The molecule has 0 aliphatic heterocycles. The SMILES string of the molecule is CCc1c(C)nc(N)nc1NC(c1ncccc1C)C1CC1. The highest BCUT2D eigenvalue weighted by molar-refractivity contribution is 5.51. The number of pyridine rings is 1. The Morgan fingerprint density at radius 2 is 2.09 bits per heavy atom. The van der Waals surface area contributed by atoms with Crippen molar-refractivity contribution in [2.24, 2.45) is 5.92 Å². The molecule has 0 spiro atoms. The second-order valence-electron chi connectivity index (χ2n) is 6.01. The average molecular weight is 297 g/mol. The summed E-state index contributed by atoms with van der Waals surface area (Å²) in [6.45, 7) is 6.21. The van der Waals surface area contributed by atoms with E-state index in [1.807, 2.05) is 19.2 Å². The molecular weight excluding hydrogens is 274 g/mol. The molecule has 116 valence electrons. The Balaban J connectivity index is 1.97. The summed E-state index contributed by atoms with van der Waals surface area (Å²) in [5.74, 6) is 1.80.